The quantitative estimate of drug-likeness (QED) is 0.920. The van der Waals surface area contributed by atoms with Crippen LogP contribution < -0.4 is 0 Å². The van der Waals surface area contributed by atoms with Crippen molar-refractivity contribution >= 4 is 5.97 Å². The molecule has 0 amide bonds. The Kier molecular flexibility index (Phi) is 3.54. The first-order chi connectivity index (χ1) is 8.85. The molecule has 1 aliphatic rings. The third-order valence-electron chi connectivity index (χ3n) is 3.55. The SMILES string of the molecule is O=C(O)C1(C(F)(F)F)CCN(Cc2ccccc2)C1. The van der Waals surface area contributed by atoms with Gasteiger partial charge in [-0.1, -0.05) is 30.3 Å². The number of halogens is 3. The van der Waals surface area contributed by atoms with Gasteiger partial charge in [-0.3, -0.25) is 9.69 Å². The lowest BCUT2D eigenvalue weighted by Crippen LogP contribution is -2.47. The molecular formula is C13H14F3NO2. The molecule has 19 heavy (non-hydrogen) atoms. The van der Waals surface area contributed by atoms with Gasteiger partial charge in [0.15, 0.2) is 5.41 Å². The van der Waals surface area contributed by atoms with E-state index in [0.29, 0.717) is 6.54 Å². The van der Waals surface area contributed by atoms with Crippen LogP contribution in [0, 0.1) is 5.41 Å². The highest BCUT2D eigenvalue weighted by Crippen LogP contribution is 2.45. The fraction of sp³-hybridized carbons (Fsp3) is 0.462. The lowest BCUT2D eigenvalue weighted by atomic mass is 9.86. The summed E-state index contributed by atoms with van der Waals surface area (Å²) in [6.07, 6.45) is -5.11. The Labute approximate surface area is 108 Å². The van der Waals surface area contributed by atoms with Gasteiger partial charge in [-0.05, 0) is 12.0 Å². The Morgan fingerprint density at radius 2 is 1.95 bits per heavy atom. The molecule has 2 rings (SSSR count). The Bertz CT molecular complexity index is 461. The van der Waals surface area contributed by atoms with Gasteiger partial charge in [0, 0.05) is 19.6 Å². The van der Waals surface area contributed by atoms with Crippen molar-refractivity contribution in [3.63, 3.8) is 0 Å². The van der Waals surface area contributed by atoms with E-state index in [0.717, 1.165) is 5.56 Å². The van der Waals surface area contributed by atoms with E-state index in [1.165, 1.54) is 4.90 Å². The Morgan fingerprint density at radius 3 is 2.42 bits per heavy atom. The van der Waals surface area contributed by atoms with Crippen LogP contribution in [0.25, 0.3) is 0 Å². The second-order valence-corrected chi connectivity index (χ2v) is 4.83. The van der Waals surface area contributed by atoms with E-state index >= 15 is 0 Å². The number of carboxylic acids is 1. The summed E-state index contributed by atoms with van der Waals surface area (Å²) in [5.41, 5.74) is -1.74. The molecule has 6 heteroatoms. The van der Waals surface area contributed by atoms with Crippen molar-refractivity contribution in [1.29, 1.82) is 0 Å². The number of carboxylic acid groups (broad SMARTS) is 1. The molecule has 1 fully saturated rings. The number of hydrogen-bond donors (Lipinski definition) is 1. The molecule has 1 saturated heterocycles. The third kappa shape index (κ3) is 2.58. The highest BCUT2D eigenvalue weighted by atomic mass is 19.4. The van der Waals surface area contributed by atoms with Gasteiger partial charge in [-0.25, -0.2) is 0 Å². The summed E-state index contributed by atoms with van der Waals surface area (Å²) in [6, 6.07) is 9.06. The van der Waals surface area contributed by atoms with Crippen LogP contribution in [0.3, 0.4) is 0 Å². The molecule has 0 bridgehead atoms. The van der Waals surface area contributed by atoms with E-state index in [1.807, 2.05) is 18.2 Å². The Hall–Kier alpha value is -1.56. The first-order valence-corrected chi connectivity index (χ1v) is 5.91. The molecule has 104 valence electrons. The van der Waals surface area contributed by atoms with Crippen LogP contribution >= 0.6 is 0 Å². The van der Waals surface area contributed by atoms with E-state index in [4.69, 9.17) is 5.11 Å². The van der Waals surface area contributed by atoms with Crippen molar-refractivity contribution < 1.29 is 23.1 Å². The number of nitrogens with zero attached hydrogens (tertiary/aromatic N) is 1. The van der Waals surface area contributed by atoms with Crippen LogP contribution in [-0.2, 0) is 11.3 Å². The minimum atomic E-state index is -4.72. The molecule has 0 radical (unpaired) electrons. The van der Waals surface area contributed by atoms with Crippen LogP contribution in [0.5, 0.6) is 0 Å². The molecule has 0 spiro atoms. The molecule has 1 heterocycles. The number of rotatable bonds is 3. The summed E-state index contributed by atoms with van der Waals surface area (Å²) in [7, 11) is 0. The van der Waals surface area contributed by atoms with Crippen LogP contribution in [0.2, 0.25) is 0 Å². The van der Waals surface area contributed by atoms with Gasteiger partial charge < -0.3 is 5.11 Å². The van der Waals surface area contributed by atoms with E-state index < -0.39 is 30.5 Å². The lowest BCUT2D eigenvalue weighted by Gasteiger charge is -2.27. The zero-order valence-electron chi connectivity index (χ0n) is 10.2. The topological polar surface area (TPSA) is 40.5 Å². The van der Waals surface area contributed by atoms with Gasteiger partial charge >= 0.3 is 12.1 Å². The third-order valence-corrected chi connectivity index (χ3v) is 3.55. The maximum Gasteiger partial charge on any atom is 0.406 e. The molecule has 0 saturated carbocycles. The average Bonchev–Trinajstić information content (AvgIpc) is 2.75. The monoisotopic (exact) mass is 273 g/mol. The molecule has 1 aromatic rings. The van der Waals surface area contributed by atoms with Crippen molar-refractivity contribution in [3.05, 3.63) is 35.9 Å². The number of likely N-dealkylation sites (tertiary alicyclic amines) is 1. The normalized spacial score (nSPS) is 24.6. The fourth-order valence-electron chi connectivity index (χ4n) is 2.39. The second-order valence-electron chi connectivity index (χ2n) is 4.83. The number of carbonyl (C=O) groups is 1. The molecule has 3 nitrogen and oxygen atoms in total. The van der Waals surface area contributed by atoms with Gasteiger partial charge in [0.2, 0.25) is 0 Å². The Morgan fingerprint density at radius 1 is 1.32 bits per heavy atom. The number of benzene rings is 1. The zero-order chi connectivity index (χ0) is 14.1. The Balaban J connectivity index is 2.12. The van der Waals surface area contributed by atoms with Gasteiger partial charge in [-0.15, -0.1) is 0 Å². The van der Waals surface area contributed by atoms with Gasteiger partial charge in [0.25, 0.3) is 0 Å². The van der Waals surface area contributed by atoms with Gasteiger partial charge in [0.05, 0.1) is 0 Å². The van der Waals surface area contributed by atoms with Gasteiger partial charge in [0.1, 0.15) is 0 Å². The predicted octanol–water partition coefficient (Wildman–Crippen LogP) is 2.53. The highest BCUT2D eigenvalue weighted by molar-refractivity contribution is 5.76. The van der Waals surface area contributed by atoms with E-state index in [2.05, 4.69) is 0 Å². The van der Waals surface area contributed by atoms with Crippen molar-refractivity contribution in [2.75, 3.05) is 13.1 Å². The minimum Gasteiger partial charge on any atom is -0.481 e. The molecule has 1 unspecified atom stereocenters. The van der Waals surface area contributed by atoms with E-state index in [9.17, 15) is 18.0 Å². The summed E-state index contributed by atoms with van der Waals surface area (Å²) < 4.78 is 38.9. The summed E-state index contributed by atoms with van der Waals surface area (Å²) in [5, 5.41) is 8.94. The van der Waals surface area contributed by atoms with Crippen molar-refractivity contribution in [3.8, 4) is 0 Å². The predicted molar refractivity (Wildman–Crippen MR) is 62.5 cm³/mol. The maximum absolute atomic E-state index is 13.0. The van der Waals surface area contributed by atoms with Crippen LogP contribution in [0.15, 0.2) is 30.3 Å². The summed E-state index contributed by atoms with van der Waals surface area (Å²) in [6.45, 7) is -0.00657. The van der Waals surface area contributed by atoms with Crippen LogP contribution in [-0.4, -0.2) is 35.2 Å². The average molecular weight is 273 g/mol. The molecule has 1 N–H and O–H groups in total. The van der Waals surface area contributed by atoms with Gasteiger partial charge in [-0.2, -0.15) is 13.2 Å². The number of alkyl halides is 3. The number of hydrogen-bond acceptors (Lipinski definition) is 2. The van der Waals surface area contributed by atoms with Crippen LogP contribution in [0.4, 0.5) is 13.2 Å². The van der Waals surface area contributed by atoms with Crippen molar-refractivity contribution in [2.24, 2.45) is 5.41 Å². The molecule has 0 aliphatic carbocycles. The number of aliphatic carboxylic acids is 1. The largest absolute Gasteiger partial charge is 0.481 e. The highest BCUT2D eigenvalue weighted by Gasteiger charge is 2.63. The first kappa shape index (κ1) is 13.9. The maximum atomic E-state index is 13.0. The molecule has 1 aliphatic heterocycles. The summed E-state index contributed by atoms with van der Waals surface area (Å²) >= 11 is 0. The van der Waals surface area contributed by atoms with E-state index in [1.54, 1.807) is 12.1 Å². The summed E-state index contributed by atoms with van der Waals surface area (Å²) in [5.74, 6) is -1.78. The fourth-order valence-corrected chi connectivity index (χ4v) is 2.39. The smallest absolute Gasteiger partial charge is 0.406 e. The van der Waals surface area contributed by atoms with E-state index in [-0.39, 0.29) is 6.54 Å². The molecule has 1 aromatic carbocycles. The minimum absolute atomic E-state index is 0.140. The standard InChI is InChI=1S/C13H14F3NO2/c14-13(15,16)12(11(18)19)6-7-17(9-12)8-10-4-2-1-3-5-10/h1-5H,6-9H2,(H,18,19). The first-order valence-electron chi connectivity index (χ1n) is 5.91. The molecule has 0 aromatic heterocycles. The molecular weight excluding hydrogens is 259 g/mol. The lowest BCUT2D eigenvalue weighted by molar-refractivity contribution is -0.227. The van der Waals surface area contributed by atoms with Crippen molar-refractivity contribution in [1.82, 2.24) is 4.90 Å². The second kappa shape index (κ2) is 4.85. The molecule has 1 atom stereocenters. The van der Waals surface area contributed by atoms with Crippen LogP contribution in [0.1, 0.15) is 12.0 Å². The zero-order valence-corrected chi connectivity index (χ0v) is 10.2. The van der Waals surface area contributed by atoms with Crippen molar-refractivity contribution in [2.45, 2.75) is 19.1 Å². The summed E-state index contributed by atoms with van der Waals surface area (Å²) in [4.78, 5) is 12.6.